The van der Waals surface area contributed by atoms with Crippen LogP contribution in [0.25, 0.3) is 0 Å². The van der Waals surface area contributed by atoms with Crippen LogP contribution in [0.5, 0.6) is 0 Å². The summed E-state index contributed by atoms with van der Waals surface area (Å²) in [5.74, 6) is -0.279. The topological polar surface area (TPSA) is 65.0 Å². The molecule has 0 amide bonds. The summed E-state index contributed by atoms with van der Waals surface area (Å²) in [6.07, 6.45) is 8.87. The zero-order chi connectivity index (χ0) is 19.6. The molecule has 0 aromatic rings. The van der Waals surface area contributed by atoms with Crippen molar-refractivity contribution in [2.75, 3.05) is 13.7 Å². The van der Waals surface area contributed by atoms with E-state index >= 15 is 0 Å². The molecule has 2 aliphatic heterocycles. The first-order valence-corrected chi connectivity index (χ1v) is 10.3. The van der Waals surface area contributed by atoms with Crippen LogP contribution in [0.1, 0.15) is 52.9 Å². The molecule has 0 saturated carbocycles. The Labute approximate surface area is 162 Å². The summed E-state index contributed by atoms with van der Waals surface area (Å²) in [5, 5.41) is 10.9. The Bertz CT molecular complexity index is 598. The highest BCUT2D eigenvalue weighted by Crippen LogP contribution is 2.49. The largest absolute Gasteiger partial charge is 0.460 e. The van der Waals surface area contributed by atoms with Crippen molar-refractivity contribution in [2.24, 2.45) is 17.8 Å². The summed E-state index contributed by atoms with van der Waals surface area (Å²) in [7, 11) is 1.56. The van der Waals surface area contributed by atoms with Gasteiger partial charge in [-0.2, -0.15) is 0 Å². The van der Waals surface area contributed by atoms with E-state index in [9.17, 15) is 9.90 Å². The summed E-state index contributed by atoms with van der Waals surface area (Å²) in [5.41, 5.74) is 0.549. The van der Waals surface area contributed by atoms with Crippen LogP contribution >= 0.6 is 0 Å². The quantitative estimate of drug-likeness (QED) is 0.589. The predicted molar refractivity (Wildman–Crippen MR) is 103 cm³/mol. The average molecular weight is 379 g/mol. The zero-order valence-electron chi connectivity index (χ0n) is 17.0. The summed E-state index contributed by atoms with van der Waals surface area (Å²) in [4.78, 5) is 12.7. The van der Waals surface area contributed by atoms with Crippen LogP contribution in [0, 0.1) is 17.8 Å². The molecule has 0 bridgehead atoms. The first-order valence-electron chi connectivity index (χ1n) is 10.3. The number of cyclic esters (lactones) is 1. The van der Waals surface area contributed by atoms with Crippen LogP contribution < -0.4 is 0 Å². The minimum absolute atomic E-state index is 0.00789. The average Bonchev–Trinajstić information content (AvgIpc) is 2.83. The number of aliphatic hydroxyl groups is 1. The summed E-state index contributed by atoms with van der Waals surface area (Å²) in [6.45, 7) is 6.85. The highest BCUT2D eigenvalue weighted by molar-refractivity contribution is 5.75. The van der Waals surface area contributed by atoms with Crippen molar-refractivity contribution in [1.82, 2.24) is 0 Å². The maximum Gasteiger partial charge on any atom is 0.335 e. The molecule has 7 atom stereocenters. The molecule has 5 heteroatoms. The molecular formula is C22H34O5. The molecule has 2 heterocycles. The van der Waals surface area contributed by atoms with Gasteiger partial charge in [-0.25, -0.2) is 4.79 Å². The van der Waals surface area contributed by atoms with Crippen LogP contribution in [0.15, 0.2) is 23.8 Å². The number of carbonyl (C=O) groups excluding carboxylic acids is 1. The Balaban J connectivity index is 2.13. The van der Waals surface area contributed by atoms with Gasteiger partial charge >= 0.3 is 5.97 Å². The van der Waals surface area contributed by atoms with Crippen molar-refractivity contribution in [3.05, 3.63) is 23.8 Å². The van der Waals surface area contributed by atoms with E-state index in [-0.39, 0.29) is 29.8 Å². The van der Waals surface area contributed by atoms with Gasteiger partial charge in [0.25, 0.3) is 0 Å². The predicted octanol–water partition coefficient (Wildman–Crippen LogP) is 3.41. The maximum atomic E-state index is 12.7. The highest BCUT2D eigenvalue weighted by atomic mass is 16.6. The molecule has 3 aliphatic rings. The minimum Gasteiger partial charge on any atom is -0.460 e. The molecule has 1 aliphatic carbocycles. The third kappa shape index (κ3) is 3.74. The number of esters is 1. The smallest absolute Gasteiger partial charge is 0.335 e. The molecular weight excluding hydrogens is 344 g/mol. The Morgan fingerprint density at radius 3 is 2.89 bits per heavy atom. The second-order valence-electron chi connectivity index (χ2n) is 8.28. The van der Waals surface area contributed by atoms with Crippen molar-refractivity contribution in [2.45, 2.75) is 76.8 Å². The molecule has 0 radical (unpaired) electrons. The van der Waals surface area contributed by atoms with Crippen LogP contribution in [-0.2, 0) is 19.0 Å². The second kappa shape index (κ2) is 8.46. The number of ether oxygens (including phenoxy) is 3. The van der Waals surface area contributed by atoms with E-state index in [4.69, 9.17) is 14.2 Å². The fraction of sp³-hybridized carbons (Fsp3) is 0.773. The van der Waals surface area contributed by atoms with Crippen LogP contribution in [-0.4, -0.2) is 48.7 Å². The first-order chi connectivity index (χ1) is 12.9. The van der Waals surface area contributed by atoms with Gasteiger partial charge in [0.05, 0.1) is 6.10 Å². The van der Waals surface area contributed by atoms with Gasteiger partial charge in [0.2, 0.25) is 0 Å². The third-order valence-electron chi connectivity index (χ3n) is 6.71. The molecule has 27 heavy (non-hydrogen) atoms. The molecule has 1 fully saturated rings. The van der Waals surface area contributed by atoms with Gasteiger partial charge in [-0.05, 0) is 44.6 Å². The molecule has 7 unspecified atom stereocenters. The first kappa shape index (κ1) is 20.6. The van der Waals surface area contributed by atoms with Crippen LogP contribution in [0.2, 0.25) is 0 Å². The molecule has 0 aromatic carbocycles. The lowest BCUT2D eigenvalue weighted by Gasteiger charge is -2.49. The lowest BCUT2D eigenvalue weighted by Crippen LogP contribution is -2.54. The second-order valence-corrected chi connectivity index (χ2v) is 8.28. The number of rotatable bonds is 2. The van der Waals surface area contributed by atoms with Gasteiger partial charge < -0.3 is 19.3 Å². The fourth-order valence-electron chi connectivity index (χ4n) is 5.27. The van der Waals surface area contributed by atoms with Gasteiger partial charge in [0.15, 0.2) is 6.10 Å². The third-order valence-corrected chi connectivity index (χ3v) is 6.71. The summed E-state index contributed by atoms with van der Waals surface area (Å²) < 4.78 is 17.9. The number of hydrogen-bond donors (Lipinski definition) is 1. The molecule has 3 rings (SSSR count). The Hall–Kier alpha value is -1.17. The number of methoxy groups -OCH3 is 1. The van der Waals surface area contributed by atoms with E-state index in [1.54, 1.807) is 7.11 Å². The minimum atomic E-state index is -0.633. The van der Waals surface area contributed by atoms with E-state index in [1.807, 2.05) is 6.92 Å². The van der Waals surface area contributed by atoms with Crippen molar-refractivity contribution < 1.29 is 24.1 Å². The van der Waals surface area contributed by atoms with E-state index in [0.29, 0.717) is 13.0 Å². The normalized spacial score (nSPS) is 44.9. The van der Waals surface area contributed by atoms with Gasteiger partial charge in [0, 0.05) is 31.5 Å². The van der Waals surface area contributed by atoms with Crippen molar-refractivity contribution >= 4 is 5.97 Å². The monoisotopic (exact) mass is 378 g/mol. The lowest BCUT2D eigenvalue weighted by molar-refractivity contribution is -0.167. The molecule has 1 spiro atoms. The molecule has 1 N–H and O–H groups in total. The summed E-state index contributed by atoms with van der Waals surface area (Å²) >= 11 is 0. The number of hydrogen-bond acceptors (Lipinski definition) is 5. The van der Waals surface area contributed by atoms with Crippen LogP contribution in [0.3, 0.4) is 0 Å². The Kier molecular flexibility index (Phi) is 6.44. The van der Waals surface area contributed by atoms with E-state index in [2.05, 4.69) is 32.1 Å². The fourth-order valence-corrected chi connectivity index (χ4v) is 5.27. The highest BCUT2D eigenvalue weighted by Gasteiger charge is 2.53. The van der Waals surface area contributed by atoms with Gasteiger partial charge in [-0.3, -0.25) is 0 Å². The van der Waals surface area contributed by atoms with E-state index < -0.39 is 17.8 Å². The SMILES string of the molecule is CCC1OC(=O)C(OC)CC2C=CCC3C(O)CCCOC23/C(C)=C/C1C. The lowest BCUT2D eigenvalue weighted by atomic mass is 9.63. The maximum absolute atomic E-state index is 12.7. The van der Waals surface area contributed by atoms with Crippen molar-refractivity contribution in [1.29, 1.82) is 0 Å². The molecule has 0 aromatic heterocycles. The van der Waals surface area contributed by atoms with E-state index in [1.165, 1.54) is 0 Å². The van der Waals surface area contributed by atoms with Crippen LogP contribution in [0.4, 0.5) is 0 Å². The number of carbonyl (C=O) groups is 1. The molecule has 152 valence electrons. The van der Waals surface area contributed by atoms with Gasteiger partial charge in [-0.1, -0.05) is 32.1 Å². The standard InChI is InChI=1S/C22H34O5/c1-5-19-14(2)12-15(3)22-16(13-20(25-4)21(24)27-19)8-6-9-17(22)18(23)10-7-11-26-22/h6,8,12,14,16-20,23H,5,7,9-11,13H2,1-4H3/b15-12+. The number of aliphatic hydroxyl groups excluding tert-OH is 1. The number of allylic oxidation sites excluding steroid dienone is 1. The van der Waals surface area contributed by atoms with Gasteiger partial charge in [-0.15, -0.1) is 0 Å². The van der Waals surface area contributed by atoms with E-state index in [0.717, 1.165) is 31.3 Å². The molecule has 1 saturated heterocycles. The van der Waals surface area contributed by atoms with Gasteiger partial charge in [0.1, 0.15) is 11.7 Å². The Morgan fingerprint density at radius 1 is 1.41 bits per heavy atom. The Morgan fingerprint density at radius 2 is 2.19 bits per heavy atom. The van der Waals surface area contributed by atoms with Crippen molar-refractivity contribution in [3.63, 3.8) is 0 Å². The molecule has 5 nitrogen and oxygen atoms in total. The summed E-state index contributed by atoms with van der Waals surface area (Å²) in [6, 6.07) is 0. The van der Waals surface area contributed by atoms with Crippen molar-refractivity contribution in [3.8, 4) is 0 Å². The zero-order valence-corrected chi connectivity index (χ0v) is 17.0.